The summed E-state index contributed by atoms with van der Waals surface area (Å²) < 4.78 is 23.5. The van der Waals surface area contributed by atoms with Crippen molar-refractivity contribution in [1.82, 2.24) is 4.98 Å². The molecule has 0 radical (unpaired) electrons. The molecule has 0 aliphatic carbocycles. The molecule has 0 N–H and O–H groups in total. The Morgan fingerprint density at radius 2 is 2.31 bits per heavy atom. The number of thiazole rings is 1. The number of nitrogens with zero attached hydrogens (tertiary/aromatic N) is 1. The summed E-state index contributed by atoms with van der Waals surface area (Å²) >= 11 is 1.18. The number of hydrogen-bond donors (Lipinski definition) is 0. The van der Waals surface area contributed by atoms with Crippen LogP contribution in [0.4, 0.5) is 0 Å². The van der Waals surface area contributed by atoms with E-state index in [-0.39, 0.29) is 16.0 Å². The third-order valence-corrected chi connectivity index (χ3v) is 5.14. The number of aromatic nitrogens is 1. The Labute approximate surface area is 82.7 Å². The van der Waals surface area contributed by atoms with Crippen LogP contribution in [0.2, 0.25) is 0 Å². The Balaban J connectivity index is 2.79. The van der Waals surface area contributed by atoms with Gasteiger partial charge >= 0.3 is 0 Å². The molecular formula is C8H13NO2S2. The van der Waals surface area contributed by atoms with Gasteiger partial charge in [-0.25, -0.2) is 13.4 Å². The zero-order chi connectivity index (χ0) is 9.90. The first-order valence-electron chi connectivity index (χ1n) is 4.18. The Morgan fingerprint density at radius 1 is 1.62 bits per heavy atom. The van der Waals surface area contributed by atoms with Crippen molar-refractivity contribution in [3.63, 3.8) is 0 Å². The van der Waals surface area contributed by atoms with Gasteiger partial charge in [-0.2, -0.15) is 0 Å². The second-order valence-electron chi connectivity index (χ2n) is 3.09. The molecule has 0 saturated carbocycles. The Morgan fingerprint density at radius 3 is 2.77 bits per heavy atom. The Kier molecular flexibility index (Phi) is 3.44. The van der Waals surface area contributed by atoms with Gasteiger partial charge in [0.1, 0.15) is 0 Å². The normalized spacial score (nSPS) is 14.3. The maximum Gasteiger partial charge on any atom is 0.209 e. The molecule has 0 bridgehead atoms. The molecule has 0 spiro atoms. The Bertz CT molecular complexity index is 342. The van der Waals surface area contributed by atoms with Gasteiger partial charge in [-0.15, -0.1) is 11.3 Å². The molecule has 1 aromatic rings. The summed E-state index contributed by atoms with van der Waals surface area (Å²) in [5.74, 6) is 0.408. The van der Waals surface area contributed by atoms with Crippen LogP contribution in [0.15, 0.2) is 15.9 Å². The molecule has 0 fully saturated rings. The summed E-state index contributed by atoms with van der Waals surface area (Å²) in [6, 6.07) is 0. The summed E-state index contributed by atoms with van der Waals surface area (Å²) in [7, 11) is -3.12. The summed E-state index contributed by atoms with van der Waals surface area (Å²) in [6.45, 7) is 3.92. The van der Waals surface area contributed by atoms with Crippen LogP contribution in [0.3, 0.4) is 0 Å². The molecule has 0 amide bonds. The second kappa shape index (κ2) is 4.19. The van der Waals surface area contributed by atoms with Crippen LogP contribution < -0.4 is 0 Å². The first-order valence-corrected chi connectivity index (χ1v) is 6.71. The van der Waals surface area contributed by atoms with Crippen LogP contribution in [0, 0.1) is 5.92 Å². The van der Waals surface area contributed by atoms with E-state index in [0.717, 1.165) is 6.42 Å². The molecule has 74 valence electrons. The van der Waals surface area contributed by atoms with Crippen LogP contribution in [0.1, 0.15) is 20.3 Å². The molecular weight excluding hydrogens is 206 g/mol. The fourth-order valence-electron chi connectivity index (χ4n) is 0.928. The highest BCUT2D eigenvalue weighted by molar-refractivity contribution is 7.93. The lowest BCUT2D eigenvalue weighted by Gasteiger charge is -2.06. The predicted octanol–water partition coefficient (Wildman–Crippen LogP) is 1.96. The first-order chi connectivity index (χ1) is 6.06. The van der Waals surface area contributed by atoms with Crippen molar-refractivity contribution in [2.45, 2.75) is 24.6 Å². The molecule has 0 unspecified atom stereocenters. The maximum absolute atomic E-state index is 11.6. The quantitative estimate of drug-likeness (QED) is 0.777. The number of hydrogen-bond acceptors (Lipinski definition) is 4. The van der Waals surface area contributed by atoms with Gasteiger partial charge in [0.15, 0.2) is 0 Å². The average molecular weight is 219 g/mol. The molecule has 0 aromatic carbocycles. The van der Waals surface area contributed by atoms with E-state index < -0.39 is 9.84 Å². The van der Waals surface area contributed by atoms with E-state index in [1.165, 1.54) is 17.5 Å². The molecule has 0 aliphatic rings. The van der Waals surface area contributed by atoms with Crippen molar-refractivity contribution < 1.29 is 8.42 Å². The van der Waals surface area contributed by atoms with Crippen molar-refractivity contribution >= 4 is 21.2 Å². The van der Waals surface area contributed by atoms with Gasteiger partial charge in [-0.1, -0.05) is 20.3 Å². The van der Waals surface area contributed by atoms with Crippen molar-refractivity contribution in [3.05, 3.63) is 11.6 Å². The zero-order valence-electron chi connectivity index (χ0n) is 7.73. The van der Waals surface area contributed by atoms with Crippen molar-refractivity contribution in [3.8, 4) is 0 Å². The molecule has 1 atom stereocenters. The van der Waals surface area contributed by atoms with Crippen LogP contribution in [0.25, 0.3) is 0 Å². The minimum absolute atomic E-state index is 0.203. The maximum atomic E-state index is 11.6. The minimum Gasteiger partial charge on any atom is -0.234 e. The van der Waals surface area contributed by atoms with Crippen molar-refractivity contribution in [2.24, 2.45) is 5.92 Å². The average Bonchev–Trinajstić information content (AvgIpc) is 2.55. The van der Waals surface area contributed by atoms with E-state index in [1.54, 1.807) is 5.38 Å². The fraction of sp³-hybridized carbons (Fsp3) is 0.625. The lowest BCUT2D eigenvalue weighted by Crippen LogP contribution is -2.13. The van der Waals surface area contributed by atoms with Crippen LogP contribution >= 0.6 is 11.3 Å². The first kappa shape index (κ1) is 10.7. The molecule has 3 nitrogen and oxygen atoms in total. The molecule has 1 aromatic heterocycles. The second-order valence-corrected chi connectivity index (χ2v) is 6.20. The largest absolute Gasteiger partial charge is 0.234 e. The molecule has 13 heavy (non-hydrogen) atoms. The highest BCUT2D eigenvalue weighted by Crippen LogP contribution is 2.17. The van der Waals surface area contributed by atoms with Gasteiger partial charge in [0.25, 0.3) is 0 Å². The standard InChI is InChI=1S/C8H13NO2S2/c1-3-7(2)6-13(10,11)8-9-4-5-12-8/h4-5,7H,3,6H2,1-2H3/t7-/m1/s1. The van der Waals surface area contributed by atoms with Crippen LogP contribution in [-0.2, 0) is 9.84 Å². The van der Waals surface area contributed by atoms with E-state index in [0.29, 0.717) is 0 Å². The molecule has 1 heterocycles. The van der Waals surface area contributed by atoms with Gasteiger partial charge in [0, 0.05) is 11.6 Å². The van der Waals surface area contributed by atoms with Gasteiger partial charge in [0.2, 0.25) is 14.2 Å². The van der Waals surface area contributed by atoms with E-state index in [9.17, 15) is 8.42 Å². The summed E-state index contributed by atoms with van der Waals surface area (Å²) in [5.41, 5.74) is 0. The summed E-state index contributed by atoms with van der Waals surface area (Å²) in [5, 5.41) is 1.68. The molecule has 5 heteroatoms. The summed E-state index contributed by atoms with van der Waals surface area (Å²) in [6.07, 6.45) is 2.40. The van der Waals surface area contributed by atoms with E-state index in [2.05, 4.69) is 4.98 Å². The lowest BCUT2D eigenvalue weighted by molar-refractivity contribution is 0.563. The Hall–Kier alpha value is -0.420. The van der Waals surface area contributed by atoms with Crippen LogP contribution in [0.5, 0.6) is 0 Å². The topological polar surface area (TPSA) is 47.0 Å². The van der Waals surface area contributed by atoms with Gasteiger partial charge in [0.05, 0.1) is 5.75 Å². The van der Waals surface area contributed by atoms with Gasteiger partial charge in [-0.3, -0.25) is 0 Å². The summed E-state index contributed by atoms with van der Waals surface area (Å²) in [4.78, 5) is 3.81. The van der Waals surface area contributed by atoms with Gasteiger partial charge in [-0.05, 0) is 5.92 Å². The fourth-order valence-corrected chi connectivity index (χ4v) is 3.59. The lowest BCUT2D eigenvalue weighted by atomic mass is 10.2. The monoisotopic (exact) mass is 219 g/mol. The number of rotatable bonds is 4. The third-order valence-electron chi connectivity index (χ3n) is 1.88. The van der Waals surface area contributed by atoms with Crippen LogP contribution in [-0.4, -0.2) is 19.2 Å². The zero-order valence-corrected chi connectivity index (χ0v) is 9.36. The highest BCUT2D eigenvalue weighted by Gasteiger charge is 2.19. The SMILES string of the molecule is CC[C@@H](C)CS(=O)(=O)c1nccs1. The van der Waals surface area contributed by atoms with Crippen molar-refractivity contribution in [1.29, 1.82) is 0 Å². The van der Waals surface area contributed by atoms with Crippen molar-refractivity contribution in [2.75, 3.05) is 5.75 Å². The molecule has 0 aliphatic heterocycles. The van der Waals surface area contributed by atoms with E-state index >= 15 is 0 Å². The van der Waals surface area contributed by atoms with E-state index in [1.807, 2.05) is 13.8 Å². The smallest absolute Gasteiger partial charge is 0.209 e. The molecule has 1 rings (SSSR count). The number of sulfone groups is 1. The molecule has 0 saturated heterocycles. The van der Waals surface area contributed by atoms with E-state index in [4.69, 9.17) is 0 Å². The third kappa shape index (κ3) is 2.77. The van der Waals surface area contributed by atoms with Gasteiger partial charge < -0.3 is 0 Å². The predicted molar refractivity (Wildman–Crippen MR) is 53.6 cm³/mol. The minimum atomic E-state index is -3.12. The highest BCUT2D eigenvalue weighted by atomic mass is 32.2.